The van der Waals surface area contributed by atoms with Gasteiger partial charge in [-0.15, -0.1) is 0 Å². The van der Waals surface area contributed by atoms with Crippen molar-refractivity contribution in [3.63, 3.8) is 0 Å². The highest BCUT2D eigenvalue weighted by Crippen LogP contribution is 2.45. The van der Waals surface area contributed by atoms with Gasteiger partial charge in [0.15, 0.2) is 12.2 Å². The minimum Gasteiger partial charge on any atom is -0.462 e. The molecule has 0 heterocycles. The Morgan fingerprint density at radius 1 is 0.260 bits per heavy atom. The summed E-state index contributed by atoms with van der Waals surface area (Å²) in [6, 6.07) is 0. The Morgan fingerprint density at radius 2 is 0.442 bits per heavy atom. The van der Waals surface area contributed by atoms with Crippen LogP contribution in [0.25, 0.3) is 0 Å². The van der Waals surface area contributed by atoms with E-state index in [0.29, 0.717) is 25.7 Å². The molecule has 0 bridgehead atoms. The molecule has 0 aromatic carbocycles. The van der Waals surface area contributed by atoms with Crippen molar-refractivity contribution in [1.82, 2.24) is 0 Å². The van der Waals surface area contributed by atoms with Gasteiger partial charge in [0.05, 0.1) is 26.4 Å². The van der Waals surface area contributed by atoms with Crippen LogP contribution in [0.15, 0.2) is 0 Å². The van der Waals surface area contributed by atoms with E-state index in [-0.39, 0.29) is 25.7 Å². The first-order chi connectivity index (χ1) is 50.5. The summed E-state index contributed by atoms with van der Waals surface area (Å²) in [5, 5.41) is 10.6. The Labute approximate surface area is 638 Å². The molecule has 0 aliphatic heterocycles. The lowest BCUT2D eigenvalue weighted by atomic mass is 10.0. The molecular weight excluding hydrogens is 1350 g/mol. The van der Waals surface area contributed by atoms with Gasteiger partial charge in [-0.05, 0) is 31.6 Å². The van der Waals surface area contributed by atoms with Crippen molar-refractivity contribution in [2.75, 3.05) is 39.6 Å². The number of carbonyl (C=O) groups excluding carboxylic acids is 4. The van der Waals surface area contributed by atoms with E-state index in [1.807, 2.05) is 0 Å². The van der Waals surface area contributed by atoms with Crippen molar-refractivity contribution in [2.24, 2.45) is 5.92 Å². The lowest BCUT2D eigenvalue weighted by Crippen LogP contribution is -2.30. The molecule has 19 heteroatoms. The van der Waals surface area contributed by atoms with Gasteiger partial charge in [0, 0.05) is 25.7 Å². The minimum absolute atomic E-state index is 0.109. The lowest BCUT2D eigenvalue weighted by molar-refractivity contribution is -0.161. The van der Waals surface area contributed by atoms with E-state index < -0.39 is 97.5 Å². The standard InChI is InChI=1S/C85H166O17P2/c1-6-9-12-15-18-20-22-24-26-28-29-30-31-33-39-43-47-51-56-61-66-71-85(90)102-81(75-96-83(88)69-64-59-54-49-45-41-37-35-34-36-40-44-48-53-57-62-67-78(4)5)77-100-104(93,94)98-73-79(86)72-97-103(91,92)99-76-80(74-95-82(87)68-63-58-52-17-14-11-8-3)101-84(89)70-65-60-55-50-46-42-38-32-27-25-23-21-19-16-13-10-7-2/h78-81,86H,6-77H2,1-5H3,(H,91,92)(H,93,94)/t79-,80+,81+/m0/s1. The number of esters is 4. The zero-order valence-electron chi connectivity index (χ0n) is 68.2. The van der Waals surface area contributed by atoms with Gasteiger partial charge in [-0.1, -0.05) is 407 Å². The predicted molar refractivity (Wildman–Crippen MR) is 428 cm³/mol. The van der Waals surface area contributed by atoms with Gasteiger partial charge in [-0.2, -0.15) is 0 Å². The highest BCUT2D eigenvalue weighted by atomic mass is 31.2. The molecule has 0 fully saturated rings. The zero-order valence-corrected chi connectivity index (χ0v) is 70.0. The summed E-state index contributed by atoms with van der Waals surface area (Å²) in [5.41, 5.74) is 0. The van der Waals surface area contributed by atoms with Crippen molar-refractivity contribution in [3.05, 3.63) is 0 Å². The maximum Gasteiger partial charge on any atom is 0.472 e. The van der Waals surface area contributed by atoms with Crippen molar-refractivity contribution < 1.29 is 80.2 Å². The maximum absolute atomic E-state index is 13.1. The topological polar surface area (TPSA) is 237 Å². The Bertz CT molecular complexity index is 1980. The molecule has 0 saturated carbocycles. The Hall–Kier alpha value is -1.94. The molecular formula is C85H166O17P2. The third kappa shape index (κ3) is 78.2. The van der Waals surface area contributed by atoms with Crippen LogP contribution in [0.4, 0.5) is 0 Å². The molecule has 0 radical (unpaired) electrons. The summed E-state index contributed by atoms with van der Waals surface area (Å²) in [6.07, 6.45) is 71.1. The highest BCUT2D eigenvalue weighted by Gasteiger charge is 2.30. The van der Waals surface area contributed by atoms with Crippen LogP contribution in [-0.4, -0.2) is 96.7 Å². The van der Waals surface area contributed by atoms with Gasteiger partial charge < -0.3 is 33.8 Å². The van der Waals surface area contributed by atoms with Crippen LogP contribution in [0.5, 0.6) is 0 Å². The maximum atomic E-state index is 13.1. The molecule has 104 heavy (non-hydrogen) atoms. The van der Waals surface area contributed by atoms with Gasteiger partial charge in [0.1, 0.15) is 19.3 Å². The largest absolute Gasteiger partial charge is 0.472 e. The van der Waals surface area contributed by atoms with Crippen molar-refractivity contribution >= 4 is 39.5 Å². The van der Waals surface area contributed by atoms with Crippen LogP contribution in [0.3, 0.4) is 0 Å². The zero-order chi connectivity index (χ0) is 76.2. The number of hydrogen-bond acceptors (Lipinski definition) is 15. The normalized spacial score (nSPS) is 13.8. The first-order valence-corrected chi connectivity index (χ1v) is 47.1. The van der Waals surface area contributed by atoms with Gasteiger partial charge in [0.2, 0.25) is 0 Å². The molecule has 0 aromatic rings. The molecule has 17 nitrogen and oxygen atoms in total. The number of ether oxygens (including phenoxy) is 4. The summed E-state index contributed by atoms with van der Waals surface area (Å²) < 4.78 is 68.7. The van der Waals surface area contributed by atoms with E-state index in [0.717, 1.165) is 109 Å². The molecule has 0 amide bonds. The molecule has 0 aliphatic rings. The van der Waals surface area contributed by atoms with E-state index in [1.165, 1.54) is 270 Å². The number of aliphatic hydroxyl groups excluding tert-OH is 1. The summed E-state index contributed by atoms with van der Waals surface area (Å²) in [4.78, 5) is 73.0. The average Bonchev–Trinajstić information content (AvgIpc) is 0.906. The second kappa shape index (κ2) is 77.8. The molecule has 618 valence electrons. The summed E-state index contributed by atoms with van der Waals surface area (Å²) in [7, 11) is -9.92. The van der Waals surface area contributed by atoms with E-state index in [2.05, 4.69) is 34.6 Å². The number of carbonyl (C=O) groups is 4. The monoisotopic (exact) mass is 1520 g/mol. The predicted octanol–water partition coefficient (Wildman–Crippen LogP) is 26.0. The van der Waals surface area contributed by atoms with Gasteiger partial charge in [0.25, 0.3) is 0 Å². The fourth-order valence-corrected chi connectivity index (χ4v) is 14.9. The molecule has 5 atom stereocenters. The van der Waals surface area contributed by atoms with Crippen molar-refractivity contribution in [3.8, 4) is 0 Å². The summed E-state index contributed by atoms with van der Waals surface area (Å²) >= 11 is 0. The van der Waals surface area contributed by atoms with Crippen LogP contribution in [0.1, 0.15) is 458 Å². The van der Waals surface area contributed by atoms with Crippen LogP contribution < -0.4 is 0 Å². The van der Waals surface area contributed by atoms with Crippen LogP contribution >= 0.6 is 15.6 Å². The van der Waals surface area contributed by atoms with E-state index in [4.69, 9.17) is 37.0 Å². The van der Waals surface area contributed by atoms with E-state index in [1.54, 1.807) is 0 Å². The number of hydrogen-bond donors (Lipinski definition) is 3. The molecule has 2 unspecified atom stereocenters. The van der Waals surface area contributed by atoms with Crippen molar-refractivity contribution in [2.45, 2.75) is 477 Å². The Kier molecular flexibility index (Phi) is 76.3. The summed E-state index contributed by atoms with van der Waals surface area (Å²) in [5.74, 6) is -1.29. The van der Waals surface area contributed by atoms with Crippen molar-refractivity contribution in [1.29, 1.82) is 0 Å². The van der Waals surface area contributed by atoms with Crippen LogP contribution in [0, 0.1) is 5.92 Å². The fraction of sp³-hybridized carbons (Fsp3) is 0.953. The second-order valence-corrected chi connectivity index (χ2v) is 34.0. The number of unbranched alkanes of at least 4 members (excludes halogenated alkanes) is 57. The Balaban J connectivity index is 5.16. The third-order valence-corrected chi connectivity index (χ3v) is 21.9. The van der Waals surface area contributed by atoms with Gasteiger partial charge in [-0.3, -0.25) is 37.3 Å². The quantitative estimate of drug-likeness (QED) is 0.0222. The first kappa shape index (κ1) is 102. The molecule has 0 spiro atoms. The minimum atomic E-state index is -4.96. The number of phosphoric ester groups is 2. The van der Waals surface area contributed by atoms with E-state index >= 15 is 0 Å². The first-order valence-electron chi connectivity index (χ1n) is 44.1. The summed E-state index contributed by atoms with van der Waals surface area (Å²) in [6.45, 7) is 7.35. The molecule has 0 rings (SSSR count). The molecule has 0 aromatic heterocycles. The van der Waals surface area contributed by atoms with Crippen LogP contribution in [0.2, 0.25) is 0 Å². The number of phosphoric acid groups is 2. The number of aliphatic hydroxyl groups is 1. The fourth-order valence-electron chi connectivity index (χ4n) is 13.3. The number of rotatable bonds is 85. The third-order valence-electron chi connectivity index (χ3n) is 20.0. The second-order valence-electron chi connectivity index (χ2n) is 31.1. The lowest BCUT2D eigenvalue weighted by Gasteiger charge is -2.21. The smallest absolute Gasteiger partial charge is 0.462 e. The molecule has 0 aliphatic carbocycles. The molecule has 3 N–H and O–H groups in total. The van der Waals surface area contributed by atoms with E-state index in [9.17, 15) is 43.2 Å². The SMILES string of the molecule is CCCCCCCCCCCCCCCCCCCCCCCC(=O)O[C@H](COC(=O)CCCCCCCCCCCCCCCCCCC(C)C)COP(=O)(O)OC[C@@H](O)COP(=O)(O)OC[C@@H](COC(=O)CCCCCCCCC)OC(=O)CCCCCCCCCCCCCCCCCCC. The molecule has 0 saturated heterocycles. The van der Waals surface area contributed by atoms with Gasteiger partial charge in [-0.25, -0.2) is 9.13 Å². The van der Waals surface area contributed by atoms with Crippen LogP contribution in [-0.2, 0) is 65.4 Å². The van der Waals surface area contributed by atoms with Gasteiger partial charge >= 0.3 is 39.5 Å². The Morgan fingerprint density at radius 3 is 0.654 bits per heavy atom. The highest BCUT2D eigenvalue weighted by molar-refractivity contribution is 7.47. The average molecular weight is 1520 g/mol.